The largest absolute Gasteiger partial charge is 0.366 e. The van der Waals surface area contributed by atoms with E-state index in [1.807, 2.05) is 25.3 Å². The molecule has 0 saturated heterocycles. The third-order valence-corrected chi connectivity index (χ3v) is 4.75. The number of primary amides is 1. The van der Waals surface area contributed by atoms with E-state index in [0.29, 0.717) is 12.1 Å². The van der Waals surface area contributed by atoms with Crippen LogP contribution in [0.5, 0.6) is 0 Å². The summed E-state index contributed by atoms with van der Waals surface area (Å²) in [5.74, 6) is -0.404. The van der Waals surface area contributed by atoms with Crippen LogP contribution in [0.3, 0.4) is 0 Å². The Bertz CT molecular complexity index is 859. The van der Waals surface area contributed by atoms with Gasteiger partial charge < -0.3 is 10.3 Å². The molecule has 2 aromatic heterocycles. The van der Waals surface area contributed by atoms with E-state index in [-0.39, 0.29) is 0 Å². The van der Waals surface area contributed by atoms with Gasteiger partial charge in [-0.15, -0.1) is 11.3 Å². The molecule has 0 aliphatic heterocycles. The zero-order chi connectivity index (χ0) is 16.6. The maximum atomic E-state index is 11.7. The Hall–Kier alpha value is -2.40. The van der Waals surface area contributed by atoms with Crippen molar-refractivity contribution in [2.75, 3.05) is 0 Å². The van der Waals surface area contributed by atoms with Crippen molar-refractivity contribution in [3.63, 3.8) is 0 Å². The summed E-state index contributed by atoms with van der Waals surface area (Å²) in [6.07, 6.45) is 0. The molecule has 4 nitrogen and oxygen atoms in total. The highest BCUT2D eigenvalue weighted by Crippen LogP contribution is 2.28. The van der Waals surface area contributed by atoms with Crippen LogP contribution < -0.4 is 5.73 Å². The summed E-state index contributed by atoms with van der Waals surface area (Å²) in [6, 6.07) is 10.2. The standard InChI is InChI=1S/C18H19N3OS/c1-11-4-6-14(7-5-11)9-21-12(2)15(18(19)22)8-17(21)16-10-23-13(3)20-16/h4-8,10H,9H2,1-3H3,(H2,19,22). The second-order valence-electron chi connectivity index (χ2n) is 5.72. The molecule has 0 unspecified atom stereocenters. The fourth-order valence-electron chi connectivity index (χ4n) is 2.67. The van der Waals surface area contributed by atoms with Gasteiger partial charge in [-0.05, 0) is 32.4 Å². The highest BCUT2D eigenvalue weighted by Gasteiger charge is 2.18. The smallest absolute Gasteiger partial charge is 0.250 e. The van der Waals surface area contributed by atoms with E-state index in [9.17, 15) is 4.79 Å². The van der Waals surface area contributed by atoms with E-state index < -0.39 is 5.91 Å². The minimum absolute atomic E-state index is 0.404. The van der Waals surface area contributed by atoms with Gasteiger partial charge in [-0.1, -0.05) is 29.8 Å². The quantitative estimate of drug-likeness (QED) is 0.795. The SMILES string of the molecule is Cc1ccc(Cn2c(-c3csc(C)n3)cc(C(N)=O)c2C)cc1. The highest BCUT2D eigenvalue weighted by molar-refractivity contribution is 7.09. The third kappa shape index (κ3) is 3.05. The van der Waals surface area contributed by atoms with Gasteiger partial charge in [-0.2, -0.15) is 0 Å². The molecule has 3 aromatic rings. The Morgan fingerprint density at radius 1 is 1.22 bits per heavy atom. The van der Waals surface area contributed by atoms with Gasteiger partial charge in [0, 0.05) is 17.6 Å². The molecule has 0 fully saturated rings. The average molecular weight is 325 g/mol. The zero-order valence-electron chi connectivity index (χ0n) is 13.5. The van der Waals surface area contributed by atoms with Crippen LogP contribution >= 0.6 is 11.3 Å². The molecule has 1 aromatic carbocycles. The van der Waals surface area contributed by atoms with Crippen LogP contribution in [0.15, 0.2) is 35.7 Å². The van der Waals surface area contributed by atoms with Gasteiger partial charge in [0.1, 0.15) is 0 Å². The van der Waals surface area contributed by atoms with Gasteiger partial charge in [-0.25, -0.2) is 4.98 Å². The number of amides is 1. The fraction of sp³-hybridized carbons (Fsp3) is 0.222. The molecule has 0 aliphatic carbocycles. The maximum Gasteiger partial charge on any atom is 0.250 e. The van der Waals surface area contributed by atoms with E-state index in [1.54, 1.807) is 11.3 Å². The number of hydrogen-bond donors (Lipinski definition) is 1. The molecule has 0 spiro atoms. The molecule has 0 bridgehead atoms. The van der Waals surface area contributed by atoms with Crippen LogP contribution in [-0.2, 0) is 6.54 Å². The predicted octanol–water partition coefficient (Wildman–Crippen LogP) is 3.68. The Labute approximate surface area is 139 Å². The number of aromatic nitrogens is 2. The molecule has 1 amide bonds. The monoisotopic (exact) mass is 325 g/mol. The lowest BCUT2D eigenvalue weighted by molar-refractivity contribution is 0.0999. The lowest BCUT2D eigenvalue weighted by Crippen LogP contribution is -2.12. The molecule has 118 valence electrons. The first-order chi connectivity index (χ1) is 11.0. The number of carbonyl (C=O) groups is 1. The van der Waals surface area contributed by atoms with Gasteiger partial charge in [0.25, 0.3) is 5.91 Å². The molecule has 5 heteroatoms. The number of nitrogens with two attached hydrogens (primary N) is 1. The Balaban J connectivity index is 2.09. The van der Waals surface area contributed by atoms with Gasteiger partial charge >= 0.3 is 0 Å². The van der Waals surface area contributed by atoms with Crippen LogP contribution in [0.2, 0.25) is 0 Å². The Kier molecular flexibility index (Phi) is 4.05. The molecule has 3 rings (SSSR count). The summed E-state index contributed by atoms with van der Waals surface area (Å²) < 4.78 is 2.11. The summed E-state index contributed by atoms with van der Waals surface area (Å²) in [4.78, 5) is 16.3. The first kappa shape index (κ1) is 15.5. The average Bonchev–Trinajstić information content (AvgIpc) is 3.06. The number of thiazole rings is 1. The topological polar surface area (TPSA) is 60.9 Å². The number of aryl methyl sites for hydroxylation is 2. The Morgan fingerprint density at radius 3 is 2.48 bits per heavy atom. The first-order valence-corrected chi connectivity index (χ1v) is 8.31. The number of nitrogens with zero attached hydrogens (tertiary/aromatic N) is 2. The summed E-state index contributed by atoms with van der Waals surface area (Å²) >= 11 is 1.60. The minimum Gasteiger partial charge on any atom is -0.366 e. The van der Waals surface area contributed by atoms with Gasteiger partial charge in [-0.3, -0.25) is 4.79 Å². The number of hydrogen-bond acceptors (Lipinski definition) is 3. The molecule has 0 saturated carbocycles. The molecule has 0 aliphatic rings. The summed E-state index contributed by atoms with van der Waals surface area (Å²) in [5.41, 5.74) is 11.2. The van der Waals surface area contributed by atoms with E-state index >= 15 is 0 Å². The van der Waals surface area contributed by atoms with Crippen LogP contribution in [0.4, 0.5) is 0 Å². The van der Waals surface area contributed by atoms with Gasteiger partial charge in [0.2, 0.25) is 0 Å². The molecule has 0 atom stereocenters. The molecule has 2 heterocycles. The normalized spacial score (nSPS) is 10.9. The van der Waals surface area contributed by atoms with Crippen molar-refractivity contribution in [3.8, 4) is 11.4 Å². The van der Waals surface area contributed by atoms with Crippen molar-refractivity contribution >= 4 is 17.2 Å². The predicted molar refractivity (Wildman–Crippen MR) is 93.8 cm³/mol. The fourth-order valence-corrected chi connectivity index (χ4v) is 3.27. The summed E-state index contributed by atoms with van der Waals surface area (Å²) in [7, 11) is 0. The van der Waals surface area contributed by atoms with Crippen molar-refractivity contribution in [1.29, 1.82) is 0 Å². The van der Waals surface area contributed by atoms with Crippen molar-refractivity contribution in [3.05, 3.63) is 63.1 Å². The summed E-state index contributed by atoms with van der Waals surface area (Å²) in [6.45, 7) is 6.66. The first-order valence-electron chi connectivity index (χ1n) is 7.43. The lowest BCUT2D eigenvalue weighted by atomic mass is 10.1. The van der Waals surface area contributed by atoms with Crippen LogP contribution in [0.1, 0.15) is 32.2 Å². The molecule has 23 heavy (non-hydrogen) atoms. The second-order valence-corrected chi connectivity index (χ2v) is 6.78. The van der Waals surface area contributed by atoms with E-state index in [2.05, 4.69) is 40.7 Å². The summed E-state index contributed by atoms with van der Waals surface area (Å²) in [5, 5.41) is 3.02. The zero-order valence-corrected chi connectivity index (χ0v) is 14.3. The third-order valence-electron chi connectivity index (χ3n) is 3.97. The molecular formula is C18H19N3OS. The van der Waals surface area contributed by atoms with E-state index in [1.165, 1.54) is 11.1 Å². The number of rotatable bonds is 4. The van der Waals surface area contributed by atoms with Crippen LogP contribution in [0, 0.1) is 20.8 Å². The van der Waals surface area contributed by atoms with E-state index in [4.69, 9.17) is 5.73 Å². The molecule has 0 radical (unpaired) electrons. The van der Waals surface area contributed by atoms with E-state index in [0.717, 1.165) is 22.1 Å². The lowest BCUT2D eigenvalue weighted by Gasteiger charge is -2.11. The maximum absolute atomic E-state index is 11.7. The van der Waals surface area contributed by atoms with Crippen molar-refractivity contribution in [1.82, 2.24) is 9.55 Å². The van der Waals surface area contributed by atoms with Gasteiger partial charge in [0.15, 0.2) is 0 Å². The van der Waals surface area contributed by atoms with Crippen LogP contribution in [-0.4, -0.2) is 15.5 Å². The molecule has 2 N–H and O–H groups in total. The van der Waals surface area contributed by atoms with Gasteiger partial charge in [0.05, 0.1) is 22.0 Å². The van der Waals surface area contributed by atoms with Crippen LogP contribution in [0.25, 0.3) is 11.4 Å². The Morgan fingerprint density at radius 2 is 1.91 bits per heavy atom. The van der Waals surface area contributed by atoms with Crippen molar-refractivity contribution in [2.24, 2.45) is 5.73 Å². The number of carbonyl (C=O) groups excluding carboxylic acids is 1. The minimum atomic E-state index is -0.404. The van der Waals surface area contributed by atoms with Crippen molar-refractivity contribution < 1.29 is 4.79 Å². The van der Waals surface area contributed by atoms with Crippen molar-refractivity contribution in [2.45, 2.75) is 27.3 Å². The highest BCUT2D eigenvalue weighted by atomic mass is 32.1. The molecular weight excluding hydrogens is 306 g/mol. The second kappa shape index (κ2) is 6.01. The number of benzene rings is 1.